The van der Waals surface area contributed by atoms with Gasteiger partial charge in [0.05, 0.1) is 6.61 Å². The van der Waals surface area contributed by atoms with Gasteiger partial charge >= 0.3 is 5.97 Å². The van der Waals surface area contributed by atoms with E-state index in [1.54, 1.807) is 31.2 Å². The van der Waals surface area contributed by atoms with Crippen molar-refractivity contribution in [3.05, 3.63) is 65.2 Å². The quantitative estimate of drug-likeness (QED) is 0.312. The number of rotatable bonds is 8. The molecular weight excluding hydrogens is 330 g/mol. The van der Waals surface area contributed by atoms with Gasteiger partial charge in [0.1, 0.15) is 36.4 Å². The van der Waals surface area contributed by atoms with E-state index in [0.29, 0.717) is 24.5 Å². The molecule has 0 unspecified atom stereocenters. The normalized spacial score (nSPS) is 10.7. The van der Waals surface area contributed by atoms with Gasteiger partial charge in [-0.05, 0) is 49.8 Å². The first kappa shape index (κ1) is 19.1. The minimum absolute atomic E-state index is 0.0493. The molecule has 2 aromatic rings. The molecule has 0 radical (unpaired) electrons. The first-order valence-electron chi connectivity index (χ1n) is 8.33. The minimum Gasteiger partial charge on any atom is -0.490 e. The summed E-state index contributed by atoms with van der Waals surface area (Å²) >= 11 is 0. The molecular formula is C21H21NO4. The molecule has 26 heavy (non-hydrogen) atoms. The van der Waals surface area contributed by atoms with Crippen LogP contribution in [0.25, 0.3) is 6.08 Å². The van der Waals surface area contributed by atoms with Crippen LogP contribution in [0.2, 0.25) is 0 Å². The van der Waals surface area contributed by atoms with E-state index in [-0.39, 0.29) is 12.2 Å². The van der Waals surface area contributed by atoms with Gasteiger partial charge in [-0.1, -0.05) is 29.8 Å². The van der Waals surface area contributed by atoms with E-state index in [0.717, 1.165) is 5.75 Å². The Kier molecular flexibility index (Phi) is 7.26. The fourth-order valence-corrected chi connectivity index (χ4v) is 2.16. The molecule has 0 aliphatic heterocycles. The Balaban J connectivity index is 1.91. The minimum atomic E-state index is -0.632. The Hall–Kier alpha value is -3.26. The second-order valence-electron chi connectivity index (χ2n) is 5.47. The number of ether oxygens (including phenoxy) is 3. The van der Waals surface area contributed by atoms with Crippen LogP contribution in [0.3, 0.4) is 0 Å². The average molecular weight is 351 g/mol. The number of benzene rings is 2. The van der Waals surface area contributed by atoms with Gasteiger partial charge in [-0.25, -0.2) is 4.79 Å². The standard InChI is InChI=1S/C21H21NO4/c1-3-24-21(23)18(15-22)13-17-5-4-6-20(14-17)26-12-11-25-19-9-7-16(2)8-10-19/h4-10,13-14H,3,11-12H2,1-2H3/b18-13-. The van der Waals surface area contributed by atoms with E-state index in [2.05, 4.69) is 0 Å². The SMILES string of the molecule is CCOC(=O)/C(C#N)=C\c1cccc(OCCOc2ccc(C)cc2)c1. The highest BCUT2D eigenvalue weighted by atomic mass is 16.5. The maximum Gasteiger partial charge on any atom is 0.348 e. The van der Waals surface area contributed by atoms with E-state index in [1.165, 1.54) is 11.6 Å². The molecule has 0 aromatic heterocycles. The zero-order chi connectivity index (χ0) is 18.8. The Morgan fingerprint density at radius 2 is 1.77 bits per heavy atom. The number of aryl methyl sites for hydroxylation is 1. The third kappa shape index (κ3) is 5.99. The number of hydrogen-bond acceptors (Lipinski definition) is 5. The second kappa shape index (κ2) is 9.90. The molecule has 5 nitrogen and oxygen atoms in total. The molecule has 0 spiro atoms. The first-order chi connectivity index (χ1) is 12.6. The van der Waals surface area contributed by atoms with E-state index in [4.69, 9.17) is 19.5 Å². The molecule has 0 saturated heterocycles. The second-order valence-corrected chi connectivity index (χ2v) is 5.47. The van der Waals surface area contributed by atoms with Crippen molar-refractivity contribution < 1.29 is 19.0 Å². The molecule has 5 heteroatoms. The number of carbonyl (C=O) groups is 1. The molecule has 0 amide bonds. The van der Waals surface area contributed by atoms with Crippen LogP contribution in [0.5, 0.6) is 11.5 Å². The summed E-state index contributed by atoms with van der Waals surface area (Å²) < 4.78 is 16.1. The fourth-order valence-electron chi connectivity index (χ4n) is 2.16. The lowest BCUT2D eigenvalue weighted by Crippen LogP contribution is -2.09. The summed E-state index contributed by atoms with van der Waals surface area (Å²) in [5.41, 5.74) is 1.82. The number of hydrogen-bond donors (Lipinski definition) is 0. The molecule has 0 saturated carbocycles. The number of nitriles is 1. The number of esters is 1. The number of carbonyl (C=O) groups excluding carboxylic acids is 1. The molecule has 2 rings (SSSR count). The van der Waals surface area contributed by atoms with Gasteiger partial charge in [-0.2, -0.15) is 5.26 Å². The molecule has 2 aromatic carbocycles. The molecule has 0 heterocycles. The summed E-state index contributed by atoms with van der Waals surface area (Å²) in [6.07, 6.45) is 1.48. The lowest BCUT2D eigenvalue weighted by molar-refractivity contribution is -0.137. The molecule has 0 atom stereocenters. The lowest BCUT2D eigenvalue weighted by atomic mass is 10.1. The van der Waals surface area contributed by atoms with Crippen molar-refractivity contribution >= 4 is 12.0 Å². The van der Waals surface area contributed by atoms with Crippen molar-refractivity contribution in [3.8, 4) is 17.6 Å². The summed E-state index contributed by atoms with van der Waals surface area (Å²) in [6.45, 7) is 4.73. The van der Waals surface area contributed by atoms with Crippen molar-refractivity contribution in [2.45, 2.75) is 13.8 Å². The lowest BCUT2D eigenvalue weighted by Gasteiger charge is -2.09. The van der Waals surface area contributed by atoms with Crippen molar-refractivity contribution in [1.29, 1.82) is 5.26 Å². The molecule has 0 N–H and O–H groups in total. The Bertz CT molecular complexity index is 804. The van der Waals surface area contributed by atoms with Gasteiger partial charge in [0.2, 0.25) is 0 Å². The van der Waals surface area contributed by atoms with Crippen molar-refractivity contribution in [2.75, 3.05) is 19.8 Å². The zero-order valence-corrected chi connectivity index (χ0v) is 14.9. The van der Waals surface area contributed by atoms with Crippen LogP contribution >= 0.6 is 0 Å². The van der Waals surface area contributed by atoms with E-state index >= 15 is 0 Å². The smallest absolute Gasteiger partial charge is 0.348 e. The summed E-state index contributed by atoms with van der Waals surface area (Å²) in [7, 11) is 0. The van der Waals surface area contributed by atoms with Crippen LogP contribution in [-0.4, -0.2) is 25.8 Å². The summed E-state index contributed by atoms with van der Waals surface area (Å²) in [6, 6.07) is 16.8. The predicted octanol–water partition coefficient (Wildman–Crippen LogP) is 3.92. The van der Waals surface area contributed by atoms with Crippen LogP contribution in [0, 0.1) is 18.3 Å². The number of nitrogens with zero attached hydrogens (tertiary/aromatic N) is 1. The molecule has 0 fully saturated rings. The van der Waals surface area contributed by atoms with Crippen LogP contribution in [-0.2, 0) is 9.53 Å². The van der Waals surface area contributed by atoms with E-state index in [9.17, 15) is 4.79 Å². The average Bonchev–Trinajstić information content (AvgIpc) is 2.65. The maximum atomic E-state index is 11.7. The van der Waals surface area contributed by atoms with Gasteiger partial charge in [-0.15, -0.1) is 0 Å². The van der Waals surface area contributed by atoms with Crippen LogP contribution in [0.15, 0.2) is 54.1 Å². The third-order valence-corrected chi connectivity index (χ3v) is 3.43. The largest absolute Gasteiger partial charge is 0.490 e. The monoisotopic (exact) mass is 351 g/mol. The van der Waals surface area contributed by atoms with Gasteiger partial charge in [-0.3, -0.25) is 0 Å². The van der Waals surface area contributed by atoms with Crippen molar-refractivity contribution in [2.24, 2.45) is 0 Å². The molecule has 0 aliphatic rings. The van der Waals surface area contributed by atoms with Crippen molar-refractivity contribution in [3.63, 3.8) is 0 Å². The van der Waals surface area contributed by atoms with Gasteiger partial charge in [0, 0.05) is 0 Å². The van der Waals surface area contributed by atoms with Crippen molar-refractivity contribution in [1.82, 2.24) is 0 Å². The maximum absolute atomic E-state index is 11.7. The molecule has 0 aliphatic carbocycles. The fraction of sp³-hybridized carbons (Fsp3) is 0.238. The Labute approximate surface area is 153 Å². The summed E-state index contributed by atoms with van der Waals surface area (Å²) in [4.78, 5) is 11.7. The highest BCUT2D eigenvalue weighted by Crippen LogP contribution is 2.17. The van der Waals surface area contributed by atoms with Crippen LogP contribution < -0.4 is 9.47 Å². The van der Waals surface area contributed by atoms with Gasteiger partial charge in [0.25, 0.3) is 0 Å². The van der Waals surface area contributed by atoms with Crippen LogP contribution in [0.4, 0.5) is 0 Å². The molecule has 134 valence electrons. The third-order valence-electron chi connectivity index (χ3n) is 3.43. The predicted molar refractivity (Wildman–Crippen MR) is 98.8 cm³/mol. The van der Waals surface area contributed by atoms with Gasteiger partial charge in [0.15, 0.2) is 0 Å². The topological polar surface area (TPSA) is 68.6 Å². The summed E-state index contributed by atoms with van der Waals surface area (Å²) in [5, 5.41) is 9.09. The first-order valence-corrected chi connectivity index (χ1v) is 8.33. The van der Waals surface area contributed by atoms with Gasteiger partial charge < -0.3 is 14.2 Å². The molecule has 0 bridgehead atoms. The Morgan fingerprint density at radius 1 is 1.08 bits per heavy atom. The van der Waals surface area contributed by atoms with Crippen LogP contribution in [0.1, 0.15) is 18.1 Å². The Morgan fingerprint density at radius 3 is 2.42 bits per heavy atom. The van der Waals surface area contributed by atoms with E-state index in [1.807, 2.05) is 37.3 Å². The zero-order valence-electron chi connectivity index (χ0n) is 14.9. The highest BCUT2D eigenvalue weighted by Gasteiger charge is 2.09. The summed E-state index contributed by atoms with van der Waals surface area (Å²) in [5.74, 6) is 0.796. The highest BCUT2D eigenvalue weighted by molar-refractivity contribution is 5.97. The van der Waals surface area contributed by atoms with E-state index < -0.39 is 5.97 Å².